The van der Waals surface area contributed by atoms with Crippen molar-refractivity contribution >= 4 is 34.3 Å². The summed E-state index contributed by atoms with van der Waals surface area (Å²) in [6.07, 6.45) is 7.63. The number of esters is 1. The Hall–Kier alpha value is -3.71. The van der Waals surface area contributed by atoms with E-state index in [0.29, 0.717) is 41.5 Å². The maximum atomic E-state index is 12.2. The van der Waals surface area contributed by atoms with Crippen LogP contribution in [-0.4, -0.2) is 62.8 Å². The van der Waals surface area contributed by atoms with E-state index in [9.17, 15) is 4.79 Å². The fourth-order valence-corrected chi connectivity index (χ4v) is 5.47. The Kier molecular flexibility index (Phi) is 6.51. The van der Waals surface area contributed by atoms with Gasteiger partial charge in [-0.25, -0.2) is 9.78 Å². The molecule has 2 aliphatic heterocycles. The Morgan fingerprint density at radius 1 is 1.26 bits per heavy atom. The number of rotatable bonds is 7. The van der Waals surface area contributed by atoms with Gasteiger partial charge >= 0.3 is 5.97 Å². The van der Waals surface area contributed by atoms with Gasteiger partial charge in [0.05, 0.1) is 24.3 Å². The topological polar surface area (TPSA) is 132 Å². The second-order valence-electron chi connectivity index (χ2n) is 9.40. The van der Waals surface area contributed by atoms with Crippen LogP contribution in [-0.2, 0) is 4.74 Å². The summed E-state index contributed by atoms with van der Waals surface area (Å²) >= 11 is 0. The molecule has 5 heterocycles. The summed E-state index contributed by atoms with van der Waals surface area (Å²) in [5, 5.41) is 24.0. The quantitative estimate of drug-likeness (QED) is 0.436. The van der Waals surface area contributed by atoms with E-state index in [0.717, 1.165) is 48.8 Å². The number of ether oxygens (including phenoxy) is 1. The molecule has 1 unspecified atom stereocenters. The third-order valence-corrected chi connectivity index (χ3v) is 7.01. The first-order valence-electron chi connectivity index (χ1n) is 12.1. The predicted molar refractivity (Wildman–Crippen MR) is 132 cm³/mol. The second kappa shape index (κ2) is 9.88. The van der Waals surface area contributed by atoms with Crippen molar-refractivity contribution in [3.8, 4) is 6.07 Å². The number of aryl methyl sites for hydroxylation is 1. The van der Waals surface area contributed by atoms with Gasteiger partial charge < -0.3 is 15.4 Å². The number of pyridine rings is 2. The van der Waals surface area contributed by atoms with Crippen LogP contribution in [0.4, 0.5) is 17.5 Å². The molecule has 0 amide bonds. The van der Waals surface area contributed by atoms with Gasteiger partial charge in [-0.15, -0.1) is 0 Å². The average Bonchev–Trinajstić information content (AvgIpc) is 3.26. The smallest absolute Gasteiger partial charge is 0.339 e. The average molecular weight is 475 g/mol. The van der Waals surface area contributed by atoms with Crippen LogP contribution in [0.1, 0.15) is 54.6 Å². The molecule has 35 heavy (non-hydrogen) atoms. The van der Waals surface area contributed by atoms with Crippen molar-refractivity contribution in [3.63, 3.8) is 0 Å². The number of hydrogen-bond donors (Lipinski definition) is 3. The lowest BCUT2D eigenvalue weighted by atomic mass is 9.81. The molecule has 10 heteroatoms. The molecule has 0 saturated carbocycles. The fraction of sp³-hybridized carbons (Fsp3) is 0.480. The zero-order valence-corrected chi connectivity index (χ0v) is 20.0. The summed E-state index contributed by atoms with van der Waals surface area (Å²) in [5.41, 5.74) is 2.05. The van der Waals surface area contributed by atoms with Gasteiger partial charge in [-0.2, -0.15) is 10.4 Å². The molecule has 182 valence electrons. The molecule has 3 aromatic rings. The Labute approximate surface area is 204 Å². The lowest BCUT2D eigenvalue weighted by Crippen LogP contribution is -2.55. The number of methoxy groups -OCH3 is 1. The van der Waals surface area contributed by atoms with E-state index in [1.807, 2.05) is 19.1 Å². The van der Waals surface area contributed by atoms with Crippen LogP contribution in [0.15, 0.2) is 24.4 Å². The van der Waals surface area contributed by atoms with E-state index in [1.165, 1.54) is 19.7 Å². The summed E-state index contributed by atoms with van der Waals surface area (Å²) < 4.78 is 4.90. The molecule has 2 aliphatic rings. The molecular formula is C25H30N8O2. The standard InChI is InChI=1S/C25H30N8O2/c1-15-9-23(32-31-15)29-22-13-21-20(10-16(14-27-21)25(34)35-2)24(30-22)28-17-11-18-5-3-6-19(12-17)33(18)8-4-7-26/h9-10,13-14,17-19H,3-6,8,11-12H2,1-2H3,(H3,28,29,30,31,32)/t17?,18-,19+. The van der Waals surface area contributed by atoms with E-state index >= 15 is 0 Å². The van der Waals surface area contributed by atoms with Crippen molar-refractivity contribution < 1.29 is 9.53 Å². The first kappa shape index (κ1) is 23.1. The highest BCUT2D eigenvalue weighted by Crippen LogP contribution is 2.36. The van der Waals surface area contributed by atoms with Crippen LogP contribution in [0, 0.1) is 18.3 Å². The van der Waals surface area contributed by atoms with Gasteiger partial charge in [0.25, 0.3) is 0 Å². The lowest BCUT2D eigenvalue weighted by molar-refractivity contribution is 0.0370. The summed E-state index contributed by atoms with van der Waals surface area (Å²) in [6, 6.07) is 9.02. The largest absolute Gasteiger partial charge is 0.465 e. The SMILES string of the molecule is COC(=O)c1cnc2cc(Nc3cc(C)[nH]n3)nc(NC3C[C@H]4CCC[C@@H](C3)N4CCC#N)c2c1. The number of nitrogens with one attached hydrogen (secondary N) is 3. The number of nitriles is 1. The molecule has 2 bridgehead atoms. The van der Waals surface area contributed by atoms with Gasteiger partial charge in [-0.05, 0) is 38.7 Å². The molecule has 0 aliphatic carbocycles. The number of H-pyrrole nitrogens is 1. The second-order valence-corrected chi connectivity index (χ2v) is 9.40. The number of fused-ring (bicyclic) bond motifs is 3. The van der Waals surface area contributed by atoms with Crippen LogP contribution in [0.5, 0.6) is 0 Å². The molecule has 2 fully saturated rings. The summed E-state index contributed by atoms with van der Waals surface area (Å²) in [4.78, 5) is 24.1. The normalized spacial score (nSPS) is 21.9. The van der Waals surface area contributed by atoms with Gasteiger partial charge in [-0.1, -0.05) is 6.42 Å². The third-order valence-electron chi connectivity index (χ3n) is 7.01. The first-order valence-corrected chi connectivity index (χ1v) is 12.1. The molecular weight excluding hydrogens is 444 g/mol. The highest BCUT2D eigenvalue weighted by Gasteiger charge is 2.38. The van der Waals surface area contributed by atoms with Gasteiger partial charge in [0, 0.05) is 60.5 Å². The number of carbonyl (C=O) groups excluding carboxylic acids is 1. The maximum Gasteiger partial charge on any atom is 0.339 e. The van der Waals surface area contributed by atoms with Crippen molar-refractivity contribution in [2.75, 3.05) is 24.3 Å². The summed E-state index contributed by atoms with van der Waals surface area (Å²) in [6.45, 7) is 2.78. The third kappa shape index (κ3) is 4.91. The monoisotopic (exact) mass is 474 g/mol. The van der Waals surface area contributed by atoms with E-state index in [2.05, 4.69) is 36.8 Å². The van der Waals surface area contributed by atoms with Crippen molar-refractivity contribution in [1.82, 2.24) is 25.1 Å². The molecule has 0 aromatic carbocycles. The summed E-state index contributed by atoms with van der Waals surface area (Å²) in [7, 11) is 1.36. The Morgan fingerprint density at radius 2 is 2.06 bits per heavy atom. The van der Waals surface area contributed by atoms with Crippen LogP contribution in [0.3, 0.4) is 0 Å². The van der Waals surface area contributed by atoms with Crippen molar-refractivity contribution in [3.05, 3.63) is 35.7 Å². The van der Waals surface area contributed by atoms with Gasteiger partial charge in [0.15, 0.2) is 5.82 Å². The van der Waals surface area contributed by atoms with Crippen LogP contribution in [0.2, 0.25) is 0 Å². The van der Waals surface area contributed by atoms with Crippen LogP contribution < -0.4 is 10.6 Å². The molecule has 3 atom stereocenters. The molecule has 0 spiro atoms. The minimum atomic E-state index is -0.431. The summed E-state index contributed by atoms with van der Waals surface area (Å²) in [5.74, 6) is 1.55. The van der Waals surface area contributed by atoms with Gasteiger partial charge in [0.1, 0.15) is 11.6 Å². The highest BCUT2D eigenvalue weighted by atomic mass is 16.5. The minimum absolute atomic E-state index is 0.240. The number of carbonyl (C=O) groups is 1. The van der Waals surface area contributed by atoms with Crippen molar-refractivity contribution in [2.45, 2.75) is 63.6 Å². The zero-order chi connectivity index (χ0) is 24.4. The number of anilines is 3. The highest BCUT2D eigenvalue weighted by molar-refractivity contribution is 5.98. The predicted octanol–water partition coefficient (Wildman–Crippen LogP) is 3.90. The molecule has 3 aromatic heterocycles. The van der Waals surface area contributed by atoms with Gasteiger partial charge in [0.2, 0.25) is 0 Å². The number of piperidine rings is 2. The number of hydrogen-bond acceptors (Lipinski definition) is 9. The molecule has 2 saturated heterocycles. The van der Waals surface area contributed by atoms with Crippen molar-refractivity contribution in [2.24, 2.45) is 0 Å². The van der Waals surface area contributed by atoms with E-state index in [1.54, 1.807) is 6.07 Å². The van der Waals surface area contributed by atoms with Crippen molar-refractivity contribution in [1.29, 1.82) is 5.26 Å². The minimum Gasteiger partial charge on any atom is -0.465 e. The maximum absolute atomic E-state index is 12.2. The fourth-order valence-electron chi connectivity index (χ4n) is 5.47. The molecule has 0 radical (unpaired) electrons. The molecule has 5 rings (SSSR count). The lowest BCUT2D eigenvalue weighted by Gasteiger charge is -2.49. The van der Waals surface area contributed by atoms with Crippen LogP contribution >= 0.6 is 0 Å². The van der Waals surface area contributed by atoms with E-state index < -0.39 is 5.97 Å². The molecule has 3 N–H and O–H groups in total. The number of nitrogens with zero attached hydrogens (tertiary/aromatic N) is 5. The Bertz CT molecular complexity index is 1250. The Morgan fingerprint density at radius 3 is 2.74 bits per heavy atom. The zero-order valence-electron chi connectivity index (χ0n) is 20.0. The van der Waals surface area contributed by atoms with E-state index in [-0.39, 0.29) is 6.04 Å². The van der Waals surface area contributed by atoms with E-state index in [4.69, 9.17) is 15.0 Å². The number of aromatic nitrogens is 4. The van der Waals surface area contributed by atoms with Crippen LogP contribution in [0.25, 0.3) is 10.9 Å². The first-order chi connectivity index (χ1) is 17.0. The number of aromatic amines is 1. The van der Waals surface area contributed by atoms with Gasteiger partial charge in [-0.3, -0.25) is 15.0 Å². The molecule has 10 nitrogen and oxygen atoms in total. The Balaban J connectivity index is 1.46.